The SMILES string of the molecule is CN1CCN(Cc2cccc(C(=O)Nc3nc4cc(N(C)C(=O)CC5CCCC5)ccc4n3CCCN3CCCC3=O)c2)CC1. The molecule has 0 unspecified atom stereocenters. The number of aryl methyl sites for hydroxylation is 1. The van der Waals surface area contributed by atoms with Crippen LogP contribution in [0, 0.1) is 5.92 Å². The van der Waals surface area contributed by atoms with E-state index in [-0.39, 0.29) is 17.7 Å². The largest absolute Gasteiger partial charge is 0.343 e. The number of likely N-dealkylation sites (tertiary alicyclic amines) is 1. The maximum Gasteiger partial charge on any atom is 0.257 e. The van der Waals surface area contributed by atoms with Crippen molar-refractivity contribution in [1.29, 1.82) is 0 Å². The van der Waals surface area contributed by atoms with Crippen molar-refractivity contribution < 1.29 is 14.4 Å². The third kappa shape index (κ3) is 7.56. The minimum atomic E-state index is -0.203. The van der Waals surface area contributed by atoms with Crippen LogP contribution in [0.3, 0.4) is 0 Å². The average molecular weight is 614 g/mol. The van der Waals surface area contributed by atoms with E-state index in [0.717, 1.165) is 87.2 Å². The van der Waals surface area contributed by atoms with Crippen molar-refractivity contribution in [2.24, 2.45) is 5.92 Å². The maximum absolute atomic E-state index is 13.6. The summed E-state index contributed by atoms with van der Waals surface area (Å²) in [4.78, 5) is 52.2. The molecule has 3 amide bonds. The predicted molar refractivity (Wildman–Crippen MR) is 177 cm³/mol. The average Bonchev–Trinajstić information content (AvgIpc) is 3.79. The third-order valence-electron chi connectivity index (χ3n) is 9.83. The van der Waals surface area contributed by atoms with Crippen LogP contribution in [-0.4, -0.2) is 95.3 Å². The molecule has 2 aliphatic heterocycles. The van der Waals surface area contributed by atoms with E-state index in [9.17, 15) is 14.4 Å². The zero-order chi connectivity index (χ0) is 31.3. The summed E-state index contributed by atoms with van der Waals surface area (Å²) in [5.74, 6) is 1.09. The van der Waals surface area contributed by atoms with E-state index >= 15 is 0 Å². The first kappa shape index (κ1) is 31.2. The van der Waals surface area contributed by atoms with Crippen molar-refractivity contribution in [2.45, 2.75) is 64.5 Å². The highest BCUT2D eigenvalue weighted by Crippen LogP contribution is 2.30. The van der Waals surface area contributed by atoms with Gasteiger partial charge in [0.15, 0.2) is 0 Å². The number of nitrogens with zero attached hydrogens (tertiary/aromatic N) is 6. The number of carbonyl (C=O) groups excluding carboxylic acids is 3. The zero-order valence-corrected chi connectivity index (χ0v) is 26.8. The lowest BCUT2D eigenvalue weighted by atomic mass is 10.0. The molecule has 2 aromatic carbocycles. The number of benzene rings is 2. The van der Waals surface area contributed by atoms with Crippen molar-refractivity contribution in [3.8, 4) is 0 Å². The van der Waals surface area contributed by atoms with E-state index in [2.05, 4.69) is 28.2 Å². The molecule has 3 fully saturated rings. The molecule has 10 nitrogen and oxygen atoms in total. The van der Waals surface area contributed by atoms with Gasteiger partial charge in [-0.25, -0.2) is 4.98 Å². The Bertz CT molecular complexity index is 1520. The van der Waals surface area contributed by atoms with Crippen molar-refractivity contribution in [3.63, 3.8) is 0 Å². The standard InChI is InChI=1S/C35H47N7O3/c1-38-18-20-40(21-19-38)25-27-10-5-11-28(22-27)34(45)37-35-36-30-24-29(39(2)33(44)23-26-8-3-4-9-26)13-14-31(30)42(35)17-7-16-41-15-6-12-32(41)43/h5,10-11,13-14,22,24,26H,3-4,6-9,12,15-21,23,25H2,1-2H3,(H,36,37,45). The molecule has 3 heterocycles. The molecule has 45 heavy (non-hydrogen) atoms. The van der Waals surface area contributed by atoms with Crippen LogP contribution < -0.4 is 10.2 Å². The summed E-state index contributed by atoms with van der Waals surface area (Å²) in [6, 6.07) is 13.7. The molecule has 1 N–H and O–H groups in total. The highest BCUT2D eigenvalue weighted by atomic mass is 16.2. The van der Waals surface area contributed by atoms with Crippen LogP contribution in [0.1, 0.15) is 67.3 Å². The van der Waals surface area contributed by atoms with E-state index in [4.69, 9.17) is 4.98 Å². The van der Waals surface area contributed by atoms with E-state index in [1.807, 2.05) is 52.9 Å². The van der Waals surface area contributed by atoms with Gasteiger partial charge in [0.05, 0.1) is 11.0 Å². The van der Waals surface area contributed by atoms with E-state index in [0.29, 0.717) is 43.4 Å². The minimum Gasteiger partial charge on any atom is -0.343 e. The van der Waals surface area contributed by atoms with Crippen LogP contribution in [0.25, 0.3) is 11.0 Å². The van der Waals surface area contributed by atoms with Crippen LogP contribution in [-0.2, 0) is 22.7 Å². The fraction of sp³-hybridized carbons (Fsp3) is 0.543. The predicted octanol–water partition coefficient (Wildman–Crippen LogP) is 4.59. The molecule has 0 radical (unpaired) electrons. The Morgan fingerprint density at radius 1 is 0.978 bits per heavy atom. The third-order valence-corrected chi connectivity index (χ3v) is 9.83. The molecule has 3 aliphatic rings. The van der Waals surface area contributed by atoms with Gasteiger partial charge in [-0.3, -0.25) is 24.6 Å². The van der Waals surface area contributed by atoms with Gasteiger partial charge >= 0.3 is 0 Å². The maximum atomic E-state index is 13.6. The lowest BCUT2D eigenvalue weighted by Gasteiger charge is -2.32. The number of nitrogens with one attached hydrogen (secondary N) is 1. The number of fused-ring (bicyclic) bond motifs is 1. The molecule has 0 atom stereocenters. The van der Waals surface area contributed by atoms with Crippen molar-refractivity contribution >= 4 is 40.4 Å². The zero-order valence-electron chi connectivity index (χ0n) is 26.8. The van der Waals surface area contributed by atoms with Gasteiger partial charge in [0.1, 0.15) is 0 Å². The molecule has 0 bridgehead atoms. The molecule has 1 aliphatic carbocycles. The van der Waals surface area contributed by atoms with Crippen LogP contribution in [0.5, 0.6) is 0 Å². The molecule has 1 saturated carbocycles. The summed E-state index contributed by atoms with van der Waals surface area (Å²) in [6.45, 7) is 7.04. The number of carbonyl (C=O) groups is 3. The van der Waals surface area contributed by atoms with Crippen LogP contribution >= 0.6 is 0 Å². The molecular formula is C35H47N7O3. The first-order valence-electron chi connectivity index (χ1n) is 16.7. The molecular weight excluding hydrogens is 566 g/mol. The fourth-order valence-electron chi connectivity index (χ4n) is 7.00. The number of aromatic nitrogens is 2. The monoisotopic (exact) mass is 613 g/mol. The second-order valence-electron chi connectivity index (χ2n) is 13.1. The van der Waals surface area contributed by atoms with Crippen molar-refractivity contribution in [1.82, 2.24) is 24.3 Å². The number of imidazole rings is 1. The fourth-order valence-corrected chi connectivity index (χ4v) is 7.00. The molecule has 240 valence electrons. The summed E-state index contributed by atoms with van der Waals surface area (Å²) in [5, 5.41) is 3.09. The Hall–Kier alpha value is -3.76. The Balaban J connectivity index is 1.20. The summed E-state index contributed by atoms with van der Waals surface area (Å²) in [6.07, 6.45) is 7.56. The van der Waals surface area contributed by atoms with Gasteiger partial charge in [0, 0.05) is 83.5 Å². The van der Waals surface area contributed by atoms with Crippen molar-refractivity contribution in [3.05, 3.63) is 53.6 Å². The van der Waals surface area contributed by atoms with E-state index in [1.54, 1.807) is 4.90 Å². The smallest absolute Gasteiger partial charge is 0.257 e. The number of anilines is 2. The number of amides is 3. The van der Waals surface area contributed by atoms with Gasteiger partial charge < -0.3 is 19.3 Å². The number of piperazine rings is 1. The molecule has 3 aromatic rings. The lowest BCUT2D eigenvalue weighted by molar-refractivity contribution is -0.127. The number of hydrogen-bond donors (Lipinski definition) is 1. The number of rotatable bonds is 11. The first-order chi connectivity index (χ1) is 21.8. The Morgan fingerprint density at radius 2 is 1.78 bits per heavy atom. The first-order valence-corrected chi connectivity index (χ1v) is 16.7. The summed E-state index contributed by atoms with van der Waals surface area (Å²) in [5.41, 5.74) is 4.13. The highest BCUT2D eigenvalue weighted by molar-refractivity contribution is 6.04. The van der Waals surface area contributed by atoms with E-state index in [1.165, 1.54) is 12.8 Å². The minimum absolute atomic E-state index is 0.126. The van der Waals surface area contributed by atoms with E-state index < -0.39 is 0 Å². The van der Waals surface area contributed by atoms with Gasteiger partial charge in [-0.2, -0.15) is 0 Å². The second-order valence-corrected chi connectivity index (χ2v) is 13.1. The van der Waals surface area contributed by atoms with Crippen LogP contribution in [0.15, 0.2) is 42.5 Å². The van der Waals surface area contributed by atoms with Crippen LogP contribution in [0.4, 0.5) is 11.6 Å². The van der Waals surface area contributed by atoms with Gasteiger partial charge in [-0.15, -0.1) is 0 Å². The summed E-state index contributed by atoms with van der Waals surface area (Å²) >= 11 is 0. The Labute approximate surface area is 266 Å². The Morgan fingerprint density at radius 3 is 2.53 bits per heavy atom. The highest BCUT2D eigenvalue weighted by Gasteiger charge is 2.23. The van der Waals surface area contributed by atoms with Gasteiger partial charge in [-0.05, 0) is 74.5 Å². The summed E-state index contributed by atoms with van der Waals surface area (Å²) in [7, 11) is 3.98. The molecule has 6 rings (SSSR count). The van der Waals surface area contributed by atoms with Gasteiger partial charge in [0.2, 0.25) is 17.8 Å². The molecule has 10 heteroatoms. The normalized spacial score (nSPS) is 18.3. The molecule has 1 aromatic heterocycles. The topological polar surface area (TPSA) is 94.0 Å². The number of likely N-dealkylation sites (N-methyl/N-ethyl adjacent to an activating group) is 1. The quantitative estimate of drug-likeness (QED) is 0.340. The summed E-state index contributed by atoms with van der Waals surface area (Å²) < 4.78 is 2.03. The number of hydrogen-bond acceptors (Lipinski definition) is 6. The van der Waals surface area contributed by atoms with Gasteiger partial charge in [0.25, 0.3) is 5.91 Å². The van der Waals surface area contributed by atoms with Crippen molar-refractivity contribution in [2.75, 3.05) is 63.6 Å². The Kier molecular flexibility index (Phi) is 9.80. The van der Waals surface area contributed by atoms with Gasteiger partial charge in [-0.1, -0.05) is 25.0 Å². The molecule has 2 saturated heterocycles. The van der Waals surface area contributed by atoms with Crippen LogP contribution in [0.2, 0.25) is 0 Å². The molecule has 0 spiro atoms. The lowest BCUT2D eigenvalue weighted by Crippen LogP contribution is -2.43. The second kappa shape index (κ2) is 14.1.